The molecule has 4 aromatic carbocycles. The molecule has 4 atom stereocenters. The van der Waals surface area contributed by atoms with Crippen molar-refractivity contribution in [3.8, 4) is 0 Å². The average Bonchev–Trinajstić information content (AvgIpc) is 3.46. The zero-order chi connectivity index (χ0) is 22.4. The lowest BCUT2D eigenvalue weighted by Crippen LogP contribution is -2.42. The van der Waals surface area contributed by atoms with Crippen molar-refractivity contribution in [2.45, 2.75) is 23.2 Å². The van der Waals surface area contributed by atoms with Crippen LogP contribution in [0.2, 0.25) is 0 Å². The van der Waals surface area contributed by atoms with Crippen LogP contribution in [0.3, 0.4) is 0 Å². The third kappa shape index (κ3) is 2.09. The van der Waals surface area contributed by atoms with Crippen molar-refractivity contribution in [3.63, 3.8) is 0 Å². The summed E-state index contributed by atoms with van der Waals surface area (Å²) in [6, 6.07) is 27.9. The summed E-state index contributed by atoms with van der Waals surface area (Å²) in [5.74, 6) is -2.31. The van der Waals surface area contributed by atoms with Gasteiger partial charge in [0, 0.05) is 23.6 Å². The second-order valence-electron chi connectivity index (χ2n) is 8.81. The van der Waals surface area contributed by atoms with E-state index in [1.54, 1.807) is 12.1 Å². The molecule has 6 heteroatoms. The standard InChI is InChI=1S/C27H17NO5/c29-25-26(17-12-14-19(15-13-17)28(30)31)23-20-10-4-6-16-7-5-11-21(22(16)20)24(23)27(32-25,33-26)18-8-2-1-3-9-18/h1-15,23-24H/t23-,24+,26+,27-/m1/s1. The number of carbonyl (C=O) groups excluding carboxylic acids is 1. The molecule has 2 bridgehead atoms. The summed E-state index contributed by atoms with van der Waals surface area (Å²) in [5.41, 5.74) is 2.03. The Balaban J connectivity index is 1.54. The van der Waals surface area contributed by atoms with Crippen molar-refractivity contribution in [1.82, 2.24) is 0 Å². The lowest BCUT2D eigenvalue weighted by Gasteiger charge is -2.35. The maximum atomic E-state index is 13.7. The Kier molecular flexibility index (Phi) is 3.40. The fourth-order valence-electron chi connectivity index (χ4n) is 6.14. The number of rotatable bonds is 3. The van der Waals surface area contributed by atoms with Crippen molar-refractivity contribution in [2.24, 2.45) is 0 Å². The number of fused-ring (bicyclic) bond motifs is 7. The molecule has 6 nitrogen and oxygen atoms in total. The van der Waals surface area contributed by atoms with Crippen molar-refractivity contribution in [2.75, 3.05) is 0 Å². The highest BCUT2D eigenvalue weighted by atomic mass is 16.8. The third-order valence-corrected chi connectivity index (χ3v) is 7.36. The van der Waals surface area contributed by atoms with Gasteiger partial charge in [-0.1, -0.05) is 66.7 Å². The minimum atomic E-state index is -1.40. The summed E-state index contributed by atoms with van der Waals surface area (Å²) >= 11 is 0. The van der Waals surface area contributed by atoms with E-state index in [2.05, 4.69) is 24.3 Å². The molecule has 33 heavy (non-hydrogen) atoms. The second kappa shape index (κ2) is 6.05. The highest BCUT2D eigenvalue weighted by molar-refractivity contribution is 5.97. The Morgan fingerprint density at radius 2 is 1.42 bits per heavy atom. The Morgan fingerprint density at radius 3 is 2.09 bits per heavy atom. The van der Waals surface area contributed by atoms with Gasteiger partial charge in [-0.05, 0) is 39.6 Å². The Morgan fingerprint density at radius 1 is 0.758 bits per heavy atom. The molecule has 0 aromatic heterocycles. The van der Waals surface area contributed by atoms with Crippen LogP contribution < -0.4 is 0 Å². The first-order valence-electron chi connectivity index (χ1n) is 10.8. The number of ether oxygens (including phenoxy) is 2. The third-order valence-electron chi connectivity index (χ3n) is 7.36. The van der Waals surface area contributed by atoms with Crippen LogP contribution in [0.5, 0.6) is 0 Å². The summed E-state index contributed by atoms with van der Waals surface area (Å²) in [5, 5.41) is 13.5. The zero-order valence-electron chi connectivity index (χ0n) is 17.3. The van der Waals surface area contributed by atoms with E-state index in [0.29, 0.717) is 5.56 Å². The van der Waals surface area contributed by atoms with Gasteiger partial charge < -0.3 is 9.47 Å². The van der Waals surface area contributed by atoms with Crippen molar-refractivity contribution in [3.05, 3.63) is 123 Å². The first-order valence-corrected chi connectivity index (χ1v) is 10.8. The van der Waals surface area contributed by atoms with E-state index in [-0.39, 0.29) is 17.5 Å². The molecule has 1 aliphatic carbocycles. The molecule has 4 aromatic rings. The highest BCUT2D eigenvalue weighted by Crippen LogP contribution is 2.73. The largest absolute Gasteiger partial charge is 0.425 e. The van der Waals surface area contributed by atoms with Crippen molar-refractivity contribution >= 4 is 22.4 Å². The molecule has 0 amide bonds. The molecular weight excluding hydrogens is 418 g/mol. The molecule has 3 aliphatic rings. The number of benzene rings is 4. The van der Waals surface area contributed by atoms with Crippen LogP contribution in [0.25, 0.3) is 10.8 Å². The van der Waals surface area contributed by atoms with Gasteiger partial charge in [-0.2, -0.15) is 0 Å². The van der Waals surface area contributed by atoms with E-state index >= 15 is 0 Å². The monoisotopic (exact) mass is 435 g/mol. The summed E-state index contributed by atoms with van der Waals surface area (Å²) < 4.78 is 12.9. The van der Waals surface area contributed by atoms with E-state index in [1.807, 2.05) is 42.5 Å². The number of esters is 1. The lowest BCUT2D eigenvalue weighted by molar-refractivity contribution is -0.384. The van der Waals surface area contributed by atoms with Crippen LogP contribution in [0.1, 0.15) is 34.1 Å². The molecule has 0 N–H and O–H groups in total. The van der Waals surface area contributed by atoms with Crippen LogP contribution >= 0.6 is 0 Å². The van der Waals surface area contributed by atoms with Gasteiger partial charge in [-0.15, -0.1) is 0 Å². The number of nitrogens with zero attached hydrogens (tertiary/aromatic N) is 1. The first kappa shape index (κ1) is 18.5. The number of nitro benzene ring substituents is 1. The summed E-state index contributed by atoms with van der Waals surface area (Å²) in [6.07, 6.45) is 0. The van der Waals surface area contributed by atoms with Gasteiger partial charge in [0.1, 0.15) is 0 Å². The fourth-order valence-corrected chi connectivity index (χ4v) is 6.14. The van der Waals surface area contributed by atoms with Crippen LogP contribution in [-0.2, 0) is 25.7 Å². The minimum absolute atomic E-state index is 0.0396. The summed E-state index contributed by atoms with van der Waals surface area (Å²) in [6.45, 7) is 0. The average molecular weight is 435 g/mol. The van der Waals surface area contributed by atoms with Crippen molar-refractivity contribution < 1.29 is 19.2 Å². The smallest absolute Gasteiger partial charge is 0.346 e. The van der Waals surface area contributed by atoms with E-state index in [1.165, 1.54) is 12.1 Å². The van der Waals surface area contributed by atoms with Gasteiger partial charge in [0.15, 0.2) is 0 Å². The molecule has 0 unspecified atom stereocenters. The summed E-state index contributed by atoms with van der Waals surface area (Å²) in [4.78, 5) is 24.5. The first-order chi connectivity index (χ1) is 16.1. The van der Waals surface area contributed by atoms with Crippen LogP contribution in [-0.4, -0.2) is 10.9 Å². The molecule has 7 rings (SSSR count). The van der Waals surface area contributed by atoms with E-state index in [9.17, 15) is 14.9 Å². The molecule has 160 valence electrons. The van der Waals surface area contributed by atoms with Gasteiger partial charge >= 0.3 is 5.97 Å². The summed E-state index contributed by atoms with van der Waals surface area (Å²) in [7, 11) is 0. The van der Waals surface area contributed by atoms with Crippen LogP contribution in [0, 0.1) is 10.1 Å². The number of hydrogen-bond donors (Lipinski definition) is 0. The van der Waals surface area contributed by atoms with Gasteiger partial charge in [-0.25, -0.2) is 4.79 Å². The Hall–Kier alpha value is -4.03. The topological polar surface area (TPSA) is 78.7 Å². The highest BCUT2D eigenvalue weighted by Gasteiger charge is 2.77. The van der Waals surface area contributed by atoms with Gasteiger partial charge in [0.2, 0.25) is 11.4 Å². The molecule has 0 spiro atoms. The predicted molar refractivity (Wildman–Crippen MR) is 120 cm³/mol. The molecule has 2 heterocycles. The van der Waals surface area contributed by atoms with Gasteiger partial charge in [0.05, 0.1) is 10.8 Å². The second-order valence-corrected chi connectivity index (χ2v) is 8.81. The Labute approximate surface area is 188 Å². The van der Waals surface area contributed by atoms with Crippen LogP contribution in [0.15, 0.2) is 91.0 Å². The van der Waals surface area contributed by atoms with E-state index in [0.717, 1.165) is 27.5 Å². The van der Waals surface area contributed by atoms with Crippen LogP contribution in [0.4, 0.5) is 5.69 Å². The maximum absolute atomic E-state index is 13.7. The molecule has 2 saturated heterocycles. The SMILES string of the molecule is O=C1O[C@]2(c3ccccc3)O[C@@]1(c1ccc([N+](=O)[O-])cc1)[C@@H]1c3cccc4cccc(c34)[C@@H]12. The molecular formula is C27H17NO5. The number of nitro groups is 1. The predicted octanol–water partition coefficient (Wildman–Crippen LogP) is 5.26. The molecule has 2 fully saturated rings. The lowest BCUT2D eigenvalue weighted by atomic mass is 9.70. The number of hydrogen-bond acceptors (Lipinski definition) is 5. The number of non-ortho nitro benzene ring substituents is 1. The quantitative estimate of drug-likeness (QED) is 0.249. The molecule has 0 saturated carbocycles. The van der Waals surface area contributed by atoms with Gasteiger partial charge in [0.25, 0.3) is 5.69 Å². The van der Waals surface area contributed by atoms with E-state index in [4.69, 9.17) is 9.47 Å². The van der Waals surface area contributed by atoms with Crippen molar-refractivity contribution in [1.29, 1.82) is 0 Å². The van der Waals surface area contributed by atoms with Gasteiger partial charge in [-0.3, -0.25) is 10.1 Å². The normalized spacial score (nSPS) is 28.7. The minimum Gasteiger partial charge on any atom is -0.425 e. The fraction of sp³-hybridized carbons (Fsp3) is 0.148. The molecule has 2 aliphatic heterocycles. The van der Waals surface area contributed by atoms with E-state index < -0.39 is 22.3 Å². The molecule has 0 radical (unpaired) electrons. The zero-order valence-corrected chi connectivity index (χ0v) is 17.3. The maximum Gasteiger partial charge on any atom is 0.346 e. The Bertz CT molecular complexity index is 1480. The number of carbonyl (C=O) groups is 1.